The predicted octanol–water partition coefficient (Wildman–Crippen LogP) is 3.88. The van der Waals surface area contributed by atoms with Gasteiger partial charge in [-0.15, -0.1) is 0 Å². The van der Waals surface area contributed by atoms with Gasteiger partial charge in [0.2, 0.25) is 0 Å². The molecule has 0 amide bonds. The normalized spacial score (nSPS) is 17.2. The lowest BCUT2D eigenvalue weighted by molar-refractivity contribution is 0.128. The molecule has 2 nitrogen and oxygen atoms in total. The molecule has 0 aliphatic heterocycles. The molecule has 1 saturated carbocycles. The molecule has 1 aromatic carbocycles. The molecule has 19 heavy (non-hydrogen) atoms. The minimum absolute atomic E-state index is 0.464. The summed E-state index contributed by atoms with van der Waals surface area (Å²) in [6.45, 7) is 6.56. The van der Waals surface area contributed by atoms with Gasteiger partial charge >= 0.3 is 0 Å². The summed E-state index contributed by atoms with van der Waals surface area (Å²) < 4.78 is 0. The van der Waals surface area contributed by atoms with Crippen LogP contribution in [0.2, 0.25) is 5.02 Å². The van der Waals surface area contributed by atoms with Crippen LogP contribution in [-0.2, 0) is 0 Å². The van der Waals surface area contributed by atoms with Crippen molar-refractivity contribution in [2.24, 2.45) is 5.92 Å². The molecule has 1 unspecified atom stereocenters. The first-order chi connectivity index (χ1) is 9.08. The van der Waals surface area contributed by atoms with E-state index >= 15 is 0 Å². The van der Waals surface area contributed by atoms with E-state index in [9.17, 15) is 5.11 Å². The molecule has 1 aliphatic rings. The molecule has 0 aromatic heterocycles. The summed E-state index contributed by atoms with van der Waals surface area (Å²) in [6, 6.07) is 8.11. The lowest BCUT2D eigenvalue weighted by Crippen LogP contribution is -2.34. The third-order valence-electron chi connectivity index (χ3n) is 3.87. The van der Waals surface area contributed by atoms with E-state index in [1.54, 1.807) is 0 Å². The zero-order chi connectivity index (χ0) is 13.8. The Hall–Kier alpha value is -0.570. The van der Waals surface area contributed by atoms with Crippen LogP contribution in [0.1, 0.15) is 44.8 Å². The van der Waals surface area contributed by atoms with Crippen molar-refractivity contribution >= 4 is 11.6 Å². The maximum Gasteiger partial charge on any atom is 0.0816 e. The lowest BCUT2D eigenvalue weighted by atomic mass is 10.1. The van der Waals surface area contributed by atoms with Gasteiger partial charge < -0.3 is 10.0 Å². The Morgan fingerprint density at radius 3 is 2.58 bits per heavy atom. The van der Waals surface area contributed by atoms with Gasteiger partial charge in [-0.25, -0.2) is 0 Å². The quantitative estimate of drug-likeness (QED) is 0.820. The van der Waals surface area contributed by atoms with Crippen molar-refractivity contribution in [3.63, 3.8) is 0 Å². The topological polar surface area (TPSA) is 23.5 Å². The van der Waals surface area contributed by atoms with Gasteiger partial charge in [-0.3, -0.25) is 0 Å². The standard InChI is InChI=1S/C16H24ClNO/c1-12(2)18(11-13-7-8-13)10-9-16(19)14-5-3-4-6-15(14)17/h3-6,12-13,16,19H,7-11H2,1-2H3. The largest absolute Gasteiger partial charge is 0.388 e. The van der Waals surface area contributed by atoms with E-state index in [2.05, 4.69) is 18.7 Å². The molecule has 0 heterocycles. The highest BCUT2D eigenvalue weighted by atomic mass is 35.5. The lowest BCUT2D eigenvalue weighted by Gasteiger charge is -2.27. The number of nitrogens with zero attached hydrogens (tertiary/aromatic N) is 1. The first kappa shape index (κ1) is 14.8. The average molecular weight is 282 g/mol. The van der Waals surface area contributed by atoms with Crippen LogP contribution in [0.4, 0.5) is 0 Å². The molecule has 1 atom stereocenters. The molecule has 1 aromatic rings. The van der Waals surface area contributed by atoms with Gasteiger partial charge in [-0.1, -0.05) is 29.8 Å². The fourth-order valence-corrected chi connectivity index (χ4v) is 2.64. The molecule has 3 heteroatoms. The smallest absolute Gasteiger partial charge is 0.0816 e. The summed E-state index contributed by atoms with van der Waals surface area (Å²) in [5, 5.41) is 10.9. The van der Waals surface area contributed by atoms with E-state index < -0.39 is 6.10 Å². The molecule has 1 N–H and O–H groups in total. The molecular weight excluding hydrogens is 258 g/mol. The minimum Gasteiger partial charge on any atom is -0.388 e. The molecule has 106 valence electrons. The summed E-state index contributed by atoms with van der Waals surface area (Å²) in [7, 11) is 0. The minimum atomic E-state index is -0.464. The van der Waals surface area contributed by atoms with Crippen molar-refractivity contribution in [1.82, 2.24) is 4.90 Å². The first-order valence-corrected chi connectivity index (χ1v) is 7.62. The first-order valence-electron chi connectivity index (χ1n) is 7.24. The van der Waals surface area contributed by atoms with Crippen LogP contribution in [0.25, 0.3) is 0 Å². The van der Waals surface area contributed by atoms with Crippen LogP contribution >= 0.6 is 11.6 Å². The van der Waals surface area contributed by atoms with E-state index in [0.717, 1.165) is 24.4 Å². The zero-order valence-electron chi connectivity index (χ0n) is 11.8. The highest BCUT2D eigenvalue weighted by Gasteiger charge is 2.25. The summed E-state index contributed by atoms with van der Waals surface area (Å²) in [4.78, 5) is 2.47. The monoisotopic (exact) mass is 281 g/mol. The van der Waals surface area contributed by atoms with Gasteiger partial charge in [0.1, 0.15) is 0 Å². The summed E-state index contributed by atoms with van der Waals surface area (Å²) in [6.07, 6.45) is 3.02. The van der Waals surface area contributed by atoms with Crippen molar-refractivity contribution in [2.75, 3.05) is 13.1 Å². The average Bonchev–Trinajstić information content (AvgIpc) is 3.18. The van der Waals surface area contributed by atoms with Crippen LogP contribution < -0.4 is 0 Å². The van der Waals surface area contributed by atoms with Crippen LogP contribution in [0.3, 0.4) is 0 Å². The number of benzene rings is 1. The van der Waals surface area contributed by atoms with Gasteiger partial charge in [-0.2, -0.15) is 0 Å². The summed E-state index contributed by atoms with van der Waals surface area (Å²) in [5.74, 6) is 0.889. The number of halogens is 1. The van der Waals surface area contributed by atoms with Gasteiger partial charge in [-0.05, 0) is 50.7 Å². The molecule has 1 fully saturated rings. The number of hydrogen-bond acceptors (Lipinski definition) is 2. The Morgan fingerprint density at radius 2 is 2.00 bits per heavy atom. The predicted molar refractivity (Wildman–Crippen MR) is 80.5 cm³/mol. The second-order valence-corrected chi connectivity index (χ2v) is 6.27. The summed E-state index contributed by atoms with van der Waals surface area (Å²) >= 11 is 6.12. The molecule has 2 rings (SSSR count). The Labute approximate surface area is 121 Å². The van der Waals surface area contributed by atoms with Crippen molar-refractivity contribution in [3.05, 3.63) is 34.9 Å². The van der Waals surface area contributed by atoms with Gasteiger partial charge in [0.05, 0.1) is 6.10 Å². The van der Waals surface area contributed by atoms with Crippen LogP contribution in [-0.4, -0.2) is 29.1 Å². The van der Waals surface area contributed by atoms with Crippen molar-refractivity contribution in [1.29, 1.82) is 0 Å². The molecule has 0 saturated heterocycles. The maximum atomic E-state index is 10.3. The van der Waals surface area contributed by atoms with E-state index in [1.165, 1.54) is 19.4 Å². The fourth-order valence-electron chi connectivity index (χ4n) is 2.38. The molecule has 0 radical (unpaired) electrons. The van der Waals surface area contributed by atoms with Crippen molar-refractivity contribution in [3.8, 4) is 0 Å². The van der Waals surface area contributed by atoms with Crippen LogP contribution in [0.15, 0.2) is 24.3 Å². The number of aliphatic hydroxyl groups excluding tert-OH is 1. The maximum absolute atomic E-state index is 10.3. The van der Waals surface area contributed by atoms with Crippen LogP contribution in [0.5, 0.6) is 0 Å². The Balaban J connectivity index is 1.87. The van der Waals surface area contributed by atoms with Crippen molar-refractivity contribution < 1.29 is 5.11 Å². The number of aliphatic hydroxyl groups is 1. The fraction of sp³-hybridized carbons (Fsp3) is 0.625. The Kier molecular flexibility index (Phi) is 5.26. The van der Waals surface area contributed by atoms with E-state index in [0.29, 0.717) is 11.1 Å². The van der Waals surface area contributed by atoms with Gasteiger partial charge in [0.15, 0.2) is 0 Å². The Morgan fingerprint density at radius 1 is 1.32 bits per heavy atom. The van der Waals surface area contributed by atoms with Crippen LogP contribution in [0, 0.1) is 5.92 Å². The van der Waals surface area contributed by atoms with Gasteiger partial charge in [0.25, 0.3) is 0 Å². The van der Waals surface area contributed by atoms with E-state index in [1.807, 2.05) is 24.3 Å². The molecular formula is C16H24ClNO. The SMILES string of the molecule is CC(C)N(CCC(O)c1ccccc1Cl)CC1CC1. The number of rotatable bonds is 7. The highest BCUT2D eigenvalue weighted by molar-refractivity contribution is 6.31. The van der Waals surface area contributed by atoms with Crippen molar-refractivity contribution in [2.45, 2.75) is 45.3 Å². The van der Waals surface area contributed by atoms with E-state index in [-0.39, 0.29) is 0 Å². The number of hydrogen-bond donors (Lipinski definition) is 1. The second kappa shape index (κ2) is 6.74. The third kappa shape index (κ3) is 4.48. The zero-order valence-corrected chi connectivity index (χ0v) is 12.6. The third-order valence-corrected chi connectivity index (χ3v) is 4.22. The van der Waals surface area contributed by atoms with Gasteiger partial charge in [0, 0.05) is 24.2 Å². The molecule has 1 aliphatic carbocycles. The highest BCUT2D eigenvalue weighted by Crippen LogP contribution is 2.31. The Bertz CT molecular complexity index is 403. The van der Waals surface area contributed by atoms with E-state index in [4.69, 9.17) is 11.6 Å². The summed E-state index contributed by atoms with van der Waals surface area (Å²) in [5.41, 5.74) is 0.847. The molecule has 0 bridgehead atoms. The second-order valence-electron chi connectivity index (χ2n) is 5.86. The molecule has 0 spiro atoms.